The fourth-order valence-corrected chi connectivity index (χ4v) is 3.90. The van der Waals surface area contributed by atoms with E-state index in [0.717, 1.165) is 18.5 Å². The average molecular weight is 348 g/mol. The summed E-state index contributed by atoms with van der Waals surface area (Å²) in [5.41, 5.74) is 2.00. The first kappa shape index (κ1) is 16.6. The minimum atomic E-state index is -3.34. The lowest BCUT2D eigenvalue weighted by Gasteiger charge is -2.32. The van der Waals surface area contributed by atoms with E-state index in [1.807, 2.05) is 13.0 Å². The van der Waals surface area contributed by atoms with E-state index in [1.54, 1.807) is 17.2 Å². The SMILES string of the molecule is Cc1ccc(C(=O)N2CCC[C@@H](c3[nH]ncc3S(C)(=O)=O)C2)cn1. The third kappa shape index (κ3) is 3.33. The maximum atomic E-state index is 12.6. The Morgan fingerprint density at radius 3 is 2.79 bits per heavy atom. The largest absolute Gasteiger partial charge is 0.338 e. The van der Waals surface area contributed by atoms with Crippen LogP contribution in [0.5, 0.6) is 0 Å². The molecule has 0 aromatic carbocycles. The van der Waals surface area contributed by atoms with E-state index in [2.05, 4.69) is 15.2 Å². The number of aryl methyl sites for hydroxylation is 1. The molecule has 24 heavy (non-hydrogen) atoms. The third-order valence-electron chi connectivity index (χ3n) is 4.31. The van der Waals surface area contributed by atoms with E-state index in [9.17, 15) is 13.2 Å². The Bertz CT molecular complexity index is 842. The zero-order valence-electron chi connectivity index (χ0n) is 13.7. The quantitative estimate of drug-likeness (QED) is 0.907. The smallest absolute Gasteiger partial charge is 0.255 e. The van der Waals surface area contributed by atoms with Crippen LogP contribution in [0.2, 0.25) is 0 Å². The fraction of sp³-hybridized carbons (Fsp3) is 0.438. The number of nitrogens with one attached hydrogen (secondary N) is 1. The summed E-state index contributed by atoms with van der Waals surface area (Å²) in [5.74, 6) is -0.138. The van der Waals surface area contributed by atoms with Crippen LogP contribution in [0.1, 0.15) is 40.5 Å². The molecule has 2 aromatic heterocycles. The minimum Gasteiger partial charge on any atom is -0.338 e. The van der Waals surface area contributed by atoms with E-state index in [-0.39, 0.29) is 16.7 Å². The zero-order chi connectivity index (χ0) is 17.3. The highest BCUT2D eigenvalue weighted by molar-refractivity contribution is 7.90. The van der Waals surface area contributed by atoms with Gasteiger partial charge in [-0.25, -0.2) is 8.42 Å². The summed E-state index contributed by atoms with van der Waals surface area (Å²) in [6, 6.07) is 3.58. The number of carbonyl (C=O) groups is 1. The average Bonchev–Trinajstić information content (AvgIpc) is 3.05. The van der Waals surface area contributed by atoms with Crippen LogP contribution in [0.4, 0.5) is 0 Å². The maximum absolute atomic E-state index is 12.6. The summed E-state index contributed by atoms with van der Waals surface area (Å²) >= 11 is 0. The predicted octanol–water partition coefficient (Wildman–Crippen LogP) is 1.54. The molecule has 8 heteroatoms. The predicted molar refractivity (Wildman–Crippen MR) is 88.6 cm³/mol. The lowest BCUT2D eigenvalue weighted by Crippen LogP contribution is -2.39. The van der Waals surface area contributed by atoms with Crippen LogP contribution < -0.4 is 0 Å². The van der Waals surface area contributed by atoms with Crippen LogP contribution in [-0.4, -0.2) is 53.8 Å². The number of rotatable bonds is 3. The van der Waals surface area contributed by atoms with Crippen molar-refractivity contribution in [2.45, 2.75) is 30.6 Å². The van der Waals surface area contributed by atoms with Gasteiger partial charge in [0.15, 0.2) is 9.84 Å². The molecule has 7 nitrogen and oxygen atoms in total. The van der Waals surface area contributed by atoms with Gasteiger partial charge in [0, 0.05) is 37.2 Å². The second kappa shape index (κ2) is 6.35. The highest BCUT2D eigenvalue weighted by atomic mass is 32.2. The highest BCUT2D eigenvalue weighted by Crippen LogP contribution is 2.30. The van der Waals surface area contributed by atoms with Gasteiger partial charge in [-0.05, 0) is 31.9 Å². The molecule has 1 aliphatic rings. The molecule has 128 valence electrons. The van der Waals surface area contributed by atoms with Crippen molar-refractivity contribution in [3.8, 4) is 0 Å². The van der Waals surface area contributed by atoms with Crippen molar-refractivity contribution in [1.82, 2.24) is 20.1 Å². The Labute approximate surface area is 141 Å². The highest BCUT2D eigenvalue weighted by Gasteiger charge is 2.30. The molecule has 0 saturated carbocycles. The van der Waals surface area contributed by atoms with Gasteiger partial charge in [-0.1, -0.05) is 0 Å². The van der Waals surface area contributed by atoms with Gasteiger partial charge in [0.25, 0.3) is 5.91 Å². The number of hydrogen-bond acceptors (Lipinski definition) is 5. The van der Waals surface area contributed by atoms with Crippen LogP contribution >= 0.6 is 0 Å². The Balaban J connectivity index is 1.81. The lowest BCUT2D eigenvalue weighted by molar-refractivity contribution is 0.0704. The third-order valence-corrected chi connectivity index (χ3v) is 5.43. The number of H-pyrrole nitrogens is 1. The van der Waals surface area contributed by atoms with Gasteiger partial charge < -0.3 is 4.90 Å². The summed E-state index contributed by atoms with van der Waals surface area (Å²) in [5, 5.41) is 6.69. The second-order valence-corrected chi connectivity index (χ2v) is 8.18. The van der Waals surface area contributed by atoms with Crippen LogP contribution in [0.3, 0.4) is 0 Å². The molecule has 1 aliphatic heterocycles. The van der Waals surface area contributed by atoms with Crippen molar-refractivity contribution in [3.05, 3.63) is 41.5 Å². The number of nitrogens with zero attached hydrogens (tertiary/aromatic N) is 3. The second-order valence-electron chi connectivity index (χ2n) is 6.20. The van der Waals surface area contributed by atoms with E-state index >= 15 is 0 Å². The van der Waals surface area contributed by atoms with Gasteiger partial charge in [-0.15, -0.1) is 0 Å². The number of aromatic amines is 1. The molecular weight excluding hydrogens is 328 g/mol. The summed E-state index contributed by atoms with van der Waals surface area (Å²) in [7, 11) is -3.34. The van der Waals surface area contributed by atoms with Gasteiger partial charge in [-0.3, -0.25) is 14.9 Å². The van der Waals surface area contributed by atoms with Crippen molar-refractivity contribution in [3.63, 3.8) is 0 Å². The summed E-state index contributed by atoms with van der Waals surface area (Å²) < 4.78 is 23.8. The molecular formula is C16H20N4O3S. The lowest BCUT2D eigenvalue weighted by atomic mass is 9.94. The normalized spacial score (nSPS) is 18.6. The number of piperidine rings is 1. The van der Waals surface area contributed by atoms with Crippen LogP contribution in [0, 0.1) is 6.92 Å². The monoisotopic (exact) mass is 348 g/mol. The van der Waals surface area contributed by atoms with Gasteiger partial charge in [-0.2, -0.15) is 5.10 Å². The summed E-state index contributed by atoms with van der Waals surface area (Å²) in [6.07, 6.45) is 5.73. The number of carbonyl (C=O) groups excluding carboxylic acids is 1. The van der Waals surface area contributed by atoms with Gasteiger partial charge in [0.1, 0.15) is 4.90 Å². The zero-order valence-corrected chi connectivity index (χ0v) is 14.5. The summed E-state index contributed by atoms with van der Waals surface area (Å²) in [6.45, 7) is 3.00. The Morgan fingerprint density at radius 2 is 2.12 bits per heavy atom. The van der Waals surface area contributed by atoms with Crippen LogP contribution in [0.25, 0.3) is 0 Å². The maximum Gasteiger partial charge on any atom is 0.255 e. The molecule has 1 N–H and O–H groups in total. The Morgan fingerprint density at radius 1 is 1.33 bits per heavy atom. The van der Waals surface area contributed by atoms with Crippen molar-refractivity contribution in [2.24, 2.45) is 0 Å². The van der Waals surface area contributed by atoms with Crippen LogP contribution in [-0.2, 0) is 9.84 Å². The molecule has 1 amide bonds. The molecule has 2 aromatic rings. The molecule has 0 spiro atoms. The minimum absolute atomic E-state index is 0.0617. The first-order valence-corrected chi connectivity index (χ1v) is 9.70. The van der Waals surface area contributed by atoms with Crippen LogP contribution in [0.15, 0.2) is 29.4 Å². The van der Waals surface area contributed by atoms with E-state index in [1.165, 1.54) is 12.5 Å². The van der Waals surface area contributed by atoms with Gasteiger partial charge in [0.05, 0.1) is 17.5 Å². The van der Waals surface area contributed by atoms with Crippen molar-refractivity contribution >= 4 is 15.7 Å². The molecule has 1 atom stereocenters. The Kier molecular flexibility index (Phi) is 4.40. The van der Waals surface area contributed by atoms with Crippen molar-refractivity contribution in [1.29, 1.82) is 0 Å². The number of amides is 1. The number of hydrogen-bond donors (Lipinski definition) is 1. The summed E-state index contributed by atoms with van der Waals surface area (Å²) in [4.78, 5) is 18.8. The first-order valence-electron chi connectivity index (χ1n) is 7.81. The molecule has 0 bridgehead atoms. The van der Waals surface area contributed by atoms with Crippen molar-refractivity contribution < 1.29 is 13.2 Å². The topological polar surface area (TPSA) is 96.0 Å². The molecule has 3 heterocycles. The number of aromatic nitrogens is 3. The van der Waals surface area contributed by atoms with Gasteiger partial charge >= 0.3 is 0 Å². The molecule has 1 fully saturated rings. The first-order chi connectivity index (χ1) is 11.4. The Hall–Kier alpha value is -2.22. The number of sulfone groups is 1. The molecule has 0 radical (unpaired) electrons. The van der Waals surface area contributed by atoms with E-state index in [4.69, 9.17) is 0 Å². The van der Waals surface area contributed by atoms with E-state index < -0.39 is 9.84 Å². The number of likely N-dealkylation sites (tertiary alicyclic amines) is 1. The van der Waals surface area contributed by atoms with E-state index in [0.29, 0.717) is 24.3 Å². The molecule has 1 saturated heterocycles. The molecule has 0 aliphatic carbocycles. The molecule has 0 unspecified atom stereocenters. The fourth-order valence-electron chi connectivity index (χ4n) is 3.05. The van der Waals surface area contributed by atoms with Gasteiger partial charge in [0.2, 0.25) is 0 Å². The standard InChI is InChI=1S/C16H20N4O3S/c1-11-5-6-12(8-17-11)16(21)20-7-3-4-13(10-20)15-14(9-18-19-15)24(2,22)23/h5-6,8-9,13H,3-4,7,10H2,1-2H3,(H,18,19)/t13-/m1/s1. The number of pyridine rings is 1. The molecule has 3 rings (SSSR count). The van der Waals surface area contributed by atoms with Crippen molar-refractivity contribution in [2.75, 3.05) is 19.3 Å².